The topological polar surface area (TPSA) is 81.9 Å². The highest BCUT2D eigenvalue weighted by Gasteiger charge is 2.18. The van der Waals surface area contributed by atoms with E-state index in [1.807, 2.05) is 64.5 Å². The van der Waals surface area contributed by atoms with Crippen molar-refractivity contribution in [3.8, 4) is 28.4 Å². The fraction of sp³-hybridized carbons (Fsp3) is 0.259. The normalized spacial score (nSPS) is 13.6. The molecule has 1 aliphatic carbocycles. The van der Waals surface area contributed by atoms with Gasteiger partial charge in [0.2, 0.25) is 5.91 Å². The van der Waals surface area contributed by atoms with Crippen LogP contribution in [0, 0.1) is 0 Å². The van der Waals surface area contributed by atoms with Gasteiger partial charge in [0.05, 0.1) is 17.6 Å². The molecule has 36 heavy (non-hydrogen) atoms. The maximum absolute atomic E-state index is 12.6. The van der Waals surface area contributed by atoms with Gasteiger partial charge < -0.3 is 10.1 Å². The van der Waals surface area contributed by atoms with Gasteiger partial charge in [0.1, 0.15) is 5.75 Å². The summed E-state index contributed by atoms with van der Waals surface area (Å²) in [5.41, 5.74) is 2.81. The molecule has 1 amide bonds. The molecule has 0 aliphatic heterocycles. The Morgan fingerprint density at radius 1 is 1.11 bits per heavy atom. The highest BCUT2D eigenvalue weighted by Crippen LogP contribution is 2.29. The first-order valence-electron chi connectivity index (χ1n) is 11.9. The van der Waals surface area contributed by atoms with Crippen LogP contribution < -0.4 is 10.1 Å². The summed E-state index contributed by atoms with van der Waals surface area (Å²) in [7, 11) is 0. The lowest BCUT2D eigenvalue weighted by molar-refractivity contribution is -0.113. The lowest BCUT2D eigenvalue weighted by atomic mass is 10.2. The van der Waals surface area contributed by atoms with Crippen LogP contribution in [0.25, 0.3) is 22.6 Å². The monoisotopic (exact) mass is 517 g/mol. The number of aromatic nitrogens is 4. The molecule has 184 valence electrons. The van der Waals surface area contributed by atoms with Crippen LogP contribution in [0.5, 0.6) is 5.75 Å². The van der Waals surface area contributed by atoms with Gasteiger partial charge in [-0.05, 0) is 49.9 Å². The summed E-state index contributed by atoms with van der Waals surface area (Å²) in [6.45, 7) is 4.41. The van der Waals surface area contributed by atoms with Gasteiger partial charge in [-0.2, -0.15) is 0 Å². The summed E-state index contributed by atoms with van der Waals surface area (Å²) in [6, 6.07) is 17.9. The number of benzene rings is 2. The third kappa shape index (κ3) is 5.85. The number of hydrogen-bond acceptors (Lipinski definition) is 7. The average molecular weight is 518 g/mol. The lowest BCUT2D eigenvalue weighted by Crippen LogP contribution is -2.14. The van der Waals surface area contributed by atoms with Crippen LogP contribution >= 0.6 is 23.1 Å². The van der Waals surface area contributed by atoms with E-state index in [2.05, 4.69) is 27.1 Å². The predicted molar refractivity (Wildman–Crippen MR) is 145 cm³/mol. The van der Waals surface area contributed by atoms with Crippen LogP contribution in [0.4, 0.5) is 5.13 Å². The van der Waals surface area contributed by atoms with Gasteiger partial charge in [-0.1, -0.05) is 48.2 Å². The van der Waals surface area contributed by atoms with Crippen molar-refractivity contribution < 1.29 is 9.53 Å². The molecular weight excluding hydrogens is 490 g/mol. The summed E-state index contributed by atoms with van der Waals surface area (Å²) in [5, 5.41) is 14.8. The van der Waals surface area contributed by atoms with E-state index in [-0.39, 0.29) is 11.7 Å². The van der Waals surface area contributed by atoms with E-state index in [1.165, 1.54) is 35.9 Å². The van der Waals surface area contributed by atoms with E-state index in [0.717, 1.165) is 41.2 Å². The van der Waals surface area contributed by atoms with Crippen molar-refractivity contribution in [2.24, 2.45) is 0 Å². The Morgan fingerprint density at radius 2 is 1.89 bits per heavy atom. The van der Waals surface area contributed by atoms with E-state index in [4.69, 9.17) is 4.74 Å². The molecule has 2 aromatic carbocycles. The number of allylic oxidation sites excluding steroid dienone is 1. The van der Waals surface area contributed by atoms with Crippen LogP contribution in [0.3, 0.4) is 0 Å². The first-order chi connectivity index (χ1) is 17.7. The number of thioether (sulfide) groups is 1. The number of nitrogens with one attached hydrogen (secondary N) is 1. The van der Waals surface area contributed by atoms with E-state index in [0.29, 0.717) is 22.9 Å². The van der Waals surface area contributed by atoms with E-state index >= 15 is 0 Å². The number of amides is 1. The quantitative estimate of drug-likeness (QED) is 0.196. The van der Waals surface area contributed by atoms with Gasteiger partial charge in [0, 0.05) is 23.1 Å². The third-order valence-corrected chi connectivity index (χ3v) is 7.62. The molecule has 4 aromatic rings. The van der Waals surface area contributed by atoms with Gasteiger partial charge in [-0.25, -0.2) is 4.98 Å². The standard InChI is InChI=1S/C27H27N5O2S2/c1-2-16-32-25(20-12-14-22(15-13-20)34-21-10-6-7-11-21)30-31-27(32)36-18-24(33)29-26-28-23(17-35-26)19-8-4-3-5-9-19/h2-5,8-9,12-15,17,21H,1,6-7,10-11,16,18H2,(H,28,29,33). The van der Waals surface area contributed by atoms with Crippen LogP contribution in [0.1, 0.15) is 25.7 Å². The summed E-state index contributed by atoms with van der Waals surface area (Å²) >= 11 is 2.75. The molecular formula is C27H27N5O2S2. The van der Waals surface area contributed by atoms with E-state index in [9.17, 15) is 4.79 Å². The molecule has 2 heterocycles. The Balaban J connectivity index is 1.22. The molecule has 2 aromatic heterocycles. The predicted octanol–water partition coefficient (Wildman–Crippen LogP) is 6.31. The van der Waals surface area contributed by atoms with E-state index in [1.54, 1.807) is 6.08 Å². The minimum absolute atomic E-state index is 0.142. The Morgan fingerprint density at radius 3 is 2.64 bits per heavy atom. The van der Waals surface area contributed by atoms with Gasteiger partial charge in [0.15, 0.2) is 16.1 Å². The Hall–Kier alpha value is -3.43. The molecule has 0 radical (unpaired) electrons. The average Bonchev–Trinajstić information content (AvgIpc) is 3.66. The fourth-order valence-corrected chi connectivity index (χ4v) is 5.63. The number of ether oxygens (including phenoxy) is 1. The van der Waals surface area contributed by atoms with Crippen molar-refractivity contribution in [1.82, 2.24) is 19.7 Å². The first-order valence-corrected chi connectivity index (χ1v) is 13.8. The molecule has 7 nitrogen and oxygen atoms in total. The van der Waals surface area contributed by atoms with Crippen LogP contribution in [-0.4, -0.2) is 37.5 Å². The molecule has 0 spiro atoms. The Labute approximate surface area is 218 Å². The highest BCUT2D eigenvalue weighted by molar-refractivity contribution is 7.99. The second kappa shape index (κ2) is 11.5. The van der Waals surface area contributed by atoms with Crippen molar-refractivity contribution in [3.05, 3.63) is 72.6 Å². The maximum atomic E-state index is 12.6. The maximum Gasteiger partial charge on any atom is 0.236 e. The van der Waals surface area contributed by atoms with Crippen molar-refractivity contribution in [1.29, 1.82) is 0 Å². The minimum atomic E-state index is -0.142. The van der Waals surface area contributed by atoms with Gasteiger partial charge in [0.25, 0.3) is 0 Å². The molecule has 9 heteroatoms. The fourth-order valence-electron chi connectivity index (χ4n) is 4.14. The molecule has 0 atom stereocenters. The number of carbonyl (C=O) groups is 1. The van der Waals surface area contributed by atoms with Crippen LogP contribution in [-0.2, 0) is 11.3 Å². The van der Waals surface area contributed by atoms with Crippen LogP contribution in [0.15, 0.2) is 77.8 Å². The second-order valence-corrected chi connectivity index (χ2v) is 10.3. The van der Waals surface area contributed by atoms with Gasteiger partial charge >= 0.3 is 0 Å². The highest BCUT2D eigenvalue weighted by atomic mass is 32.2. The molecule has 0 bridgehead atoms. The summed E-state index contributed by atoms with van der Waals surface area (Å²) in [4.78, 5) is 17.1. The largest absolute Gasteiger partial charge is 0.490 e. The number of anilines is 1. The number of nitrogens with zero attached hydrogens (tertiary/aromatic N) is 4. The zero-order chi connectivity index (χ0) is 24.7. The summed E-state index contributed by atoms with van der Waals surface area (Å²) in [6.07, 6.45) is 6.86. The Kier molecular flexibility index (Phi) is 7.78. The smallest absolute Gasteiger partial charge is 0.236 e. The van der Waals surface area contributed by atoms with Crippen LogP contribution in [0.2, 0.25) is 0 Å². The van der Waals surface area contributed by atoms with Crippen molar-refractivity contribution >= 4 is 34.1 Å². The second-order valence-electron chi connectivity index (χ2n) is 8.49. The number of rotatable bonds is 10. The van der Waals surface area contributed by atoms with Gasteiger partial charge in [-0.3, -0.25) is 9.36 Å². The number of thiazole rings is 1. The molecule has 1 N–H and O–H groups in total. The molecule has 1 saturated carbocycles. The van der Waals surface area contributed by atoms with Crippen molar-refractivity contribution in [2.75, 3.05) is 11.1 Å². The molecule has 1 fully saturated rings. The zero-order valence-electron chi connectivity index (χ0n) is 19.8. The summed E-state index contributed by atoms with van der Waals surface area (Å²) < 4.78 is 8.04. The number of carbonyl (C=O) groups excluding carboxylic acids is 1. The summed E-state index contributed by atoms with van der Waals surface area (Å²) in [5.74, 6) is 1.67. The molecule has 0 unspecified atom stereocenters. The Bertz CT molecular complexity index is 1310. The lowest BCUT2D eigenvalue weighted by Gasteiger charge is -2.13. The van der Waals surface area contributed by atoms with Crippen molar-refractivity contribution in [2.45, 2.75) is 43.5 Å². The molecule has 1 aliphatic rings. The SMILES string of the molecule is C=CCn1c(SCC(=O)Nc2nc(-c3ccccc3)cs2)nnc1-c1ccc(OC2CCCC2)cc1. The minimum Gasteiger partial charge on any atom is -0.490 e. The van der Waals surface area contributed by atoms with E-state index < -0.39 is 0 Å². The number of hydrogen-bond donors (Lipinski definition) is 1. The molecule has 5 rings (SSSR count). The van der Waals surface area contributed by atoms with Crippen molar-refractivity contribution in [3.63, 3.8) is 0 Å². The zero-order valence-corrected chi connectivity index (χ0v) is 21.4. The molecule has 0 saturated heterocycles. The first kappa shape index (κ1) is 24.3. The van der Waals surface area contributed by atoms with Gasteiger partial charge in [-0.15, -0.1) is 28.1 Å². The third-order valence-electron chi connectivity index (χ3n) is 5.90.